The minimum atomic E-state index is -0.0144. The molecule has 5 nitrogen and oxygen atoms in total. The molecule has 0 aliphatic carbocycles. The average molecular weight is 368 g/mol. The van der Waals surface area contributed by atoms with Crippen LogP contribution in [0.4, 0.5) is 0 Å². The van der Waals surface area contributed by atoms with Crippen molar-refractivity contribution in [1.29, 1.82) is 0 Å². The highest BCUT2D eigenvalue weighted by Gasteiger charge is 2.15. The van der Waals surface area contributed by atoms with Gasteiger partial charge < -0.3 is 14.8 Å². The monoisotopic (exact) mass is 368 g/mol. The van der Waals surface area contributed by atoms with Gasteiger partial charge in [-0.1, -0.05) is 24.3 Å². The van der Waals surface area contributed by atoms with Gasteiger partial charge in [-0.15, -0.1) is 0 Å². The Morgan fingerprint density at radius 1 is 1.07 bits per heavy atom. The molecule has 144 valence electrons. The number of hydrogen-bond donors (Lipinski definition) is 1. The summed E-state index contributed by atoms with van der Waals surface area (Å²) in [6.45, 7) is 8.37. The maximum Gasteiger partial charge on any atom is 0.234 e. The van der Waals surface area contributed by atoms with Crippen molar-refractivity contribution in [3.8, 4) is 11.5 Å². The summed E-state index contributed by atoms with van der Waals surface area (Å²) in [6.07, 6.45) is 0. The Labute approximate surface area is 161 Å². The van der Waals surface area contributed by atoms with Crippen molar-refractivity contribution in [2.45, 2.75) is 33.4 Å². The van der Waals surface area contributed by atoms with Crippen LogP contribution in [-0.4, -0.2) is 37.6 Å². The predicted octanol–water partition coefficient (Wildman–Crippen LogP) is 3.38. The molecule has 1 atom stereocenters. The van der Waals surface area contributed by atoms with Crippen molar-refractivity contribution in [2.24, 2.45) is 0 Å². The minimum Gasteiger partial charge on any atom is -0.486 e. The van der Waals surface area contributed by atoms with E-state index in [0.717, 1.165) is 22.6 Å². The first-order valence-electron chi connectivity index (χ1n) is 9.36. The zero-order valence-corrected chi connectivity index (χ0v) is 16.5. The third-order valence-electron chi connectivity index (χ3n) is 4.88. The first-order valence-corrected chi connectivity index (χ1v) is 9.36. The van der Waals surface area contributed by atoms with E-state index in [4.69, 9.17) is 9.47 Å². The van der Waals surface area contributed by atoms with Gasteiger partial charge in [0.15, 0.2) is 11.5 Å². The van der Waals surface area contributed by atoms with E-state index in [1.54, 1.807) is 0 Å². The van der Waals surface area contributed by atoms with Crippen molar-refractivity contribution >= 4 is 5.91 Å². The Hall–Kier alpha value is -2.53. The lowest BCUT2D eigenvalue weighted by Gasteiger charge is -2.22. The van der Waals surface area contributed by atoms with Crippen LogP contribution in [0.5, 0.6) is 11.5 Å². The predicted molar refractivity (Wildman–Crippen MR) is 106 cm³/mol. The number of benzene rings is 2. The number of likely N-dealkylation sites (N-methyl/N-ethyl adjacent to an activating group) is 1. The van der Waals surface area contributed by atoms with Crippen LogP contribution in [0.15, 0.2) is 36.4 Å². The quantitative estimate of drug-likeness (QED) is 0.849. The fourth-order valence-corrected chi connectivity index (χ4v) is 3.20. The minimum absolute atomic E-state index is 0.0144. The lowest BCUT2D eigenvalue weighted by molar-refractivity contribution is -0.122. The molecule has 0 fully saturated rings. The van der Waals surface area contributed by atoms with Crippen LogP contribution < -0.4 is 14.8 Å². The second-order valence-electron chi connectivity index (χ2n) is 7.28. The summed E-state index contributed by atoms with van der Waals surface area (Å²) in [5.41, 5.74) is 4.72. The molecule has 2 aromatic carbocycles. The van der Waals surface area contributed by atoms with Crippen molar-refractivity contribution in [1.82, 2.24) is 10.2 Å². The zero-order valence-electron chi connectivity index (χ0n) is 16.5. The number of amides is 1. The van der Waals surface area contributed by atoms with E-state index in [2.05, 4.69) is 37.4 Å². The normalized spacial score (nSPS) is 14.1. The zero-order chi connectivity index (χ0) is 19.4. The summed E-state index contributed by atoms with van der Waals surface area (Å²) in [7, 11) is 1.94. The molecule has 27 heavy (non-hydrogen) atoms. The molecule has 1 aliphatic heterocycles. The van der Waals surface area contributed by atoms with Gasteiger partial charge in [-0.05, 0) is 62.2 Å². The lowest BCUT2D eigenvalue weighted by atomic mass is 10.0. The molecule has 0 unspecified atom stereocenters. The second-order valence-corrected chi connectivity index (χ2v) is 7.28. The first-order chi connectivity index (χ1) is 12.9. The average Bonchev–Trinajstić information content (AvgIpc) is 2.63. The molecule has 1 heterocycles. The molecule has 1 aliphatic rings. The van der Waals surface area contributed by atoms with Gasteiger partial charge in [0, 0.05) is 6.54 Å². The molecule has 1 N–H and O–H groups in total. The van der Waals surface area contributed by atoms with Gasteiger partial charge in [0.25, 0.3) is 0 Å². The number of carbonyl (C=O) groups is 1. The topological polar surface area (TPSA) is 50.8 Å². The van der Waals surface area contributed by atoms with Crippen LogP contribution in [0.25, 0.3) is 0 Å². The molecule has 5 heteroatoms. The summed E-state index contributed by atoms with van der Waals surface area (Å²) in [6, 6.07) is 12.2. The van der Waals surface area contributed by atoms with Crippen molar-refractivity contribution in [3.05, 3.63) is 58.7 Å². The lowest BCUT2D eigenvalue weighted by Crippen LogP contribution is -2.36. The number of fused-ring (bicyclic) bond motifs is 1. The third-order valence-corrected chi connectivity index (χ3v) is 4.88. The maximum atomic E-state index is 12.4. The fourth-order valence-electron chi connectivity index (χ4n) is 3.20. The highest BCUT2D eigenvalue weighted by molar-refractivity contribution is 5.78. The summed E-state index contributed by atoms with van der Waals surface area (Å²) in [4.78, 5) is 14.4. The van der Waals surface area contributed by atoms with Crippen LogP contribution in [0.3, 0.4) is 0 Å². The van der Waals surface area contributed by atoms with E-state index < -0.39 is 0 Å². The van der Waals surface area contributed by atoms with Crippen molar-refractivity contribution in [2.75, 3.05) is 26.8 Å². The molecule has 0 radical (unpaired) electrons. The number of aryl methyl sites for hydroxylation is 2. The highest BCUT2D eigenvalue weighted by atomic mass is 16.6. The largest absolute Gasteiger partial charge is 0.486 e. The molecule has 0 bridgehead atoms. The van der Waals surface area contributed by atoms with E-state index in [9.17, 15) is 4.79 Å². The van der Waals surface area contributed by atoms with E-state index in [0.29, 0.717) is 26.3 Å². The Balaban J connectivity index is 1.53. The Kier molecular flexibility index (Phi) is 6.01. The Bertz CT molecular complexity index is 819. The van der Waals surface area contributed by atoms with Crippen LogP contribution in [0.1, 0.15) is 35.2 Å². The fraction of sp³-hybridized carbons (Fsp3) is 0.409. The van der Waals surface area contributed by atoms with Gasteiger partial charge in [-0.25, -0.2) is 0 Å². The SMILES string of the molecule is Cc1ccc([C@@H](C)NC(=O)CN(C)Cc2ccc3c(c2)OCCO3)cc1C. The van der Waals surface area contributed by atoms with Crippen LogP contribution in [0, 0.1) is 13.8 Å². The number of hydrogen-bond acceptors (Lipinski definition) is 4. The molecule has 0 saturated carbocycles. The molecule has 2 aromatic rings. The van der Waals surface area contributed by atoms with E-state index >= 15 is 0 Å². The number of nitrogens with zero attached hydrogens (tertiary/aromatic N) is 1. The number of rotatable bonds is 6. The summed E-state index contributed by atoms with van der Waals surface area (Å²) < 4.78 is 11.2. The van der Waals surface area contributed by atoms with E-state index in [1.165, 1.54) is 11.1 Å². The molecular formula is C22H28N2O3. The molecule has 1 amide bonds. The van der Waals surface area contributed by atoms with E-state index in [1.807, 2.05) is 37.1 Å². The van der Waals surface area contributed by atoms with Crippen LogP contribution >= 0.6 is 0 Å². The third kappa shape index (κ3) is 5.01. The van der Waals surface area contributed by atoms with Crippen molar-refractivity contribution < 1.29 is 14.3 Å². The molecule has 0 saturated heterocycles. The molecular weight excluding hydrogens is 340 g/mol. The van der Waals surface area contributed by atoms with Gasteiger partial charge in [-0.2, -0.15) is 0 Å². The number of carbonyl (C=O) groups excluding carboxylic acids is 1. The molecule has 3 rings (SSSR count). The number of nitrogens with one attached hydrogen (secondary N) is 1. The number of ether oxygens (including phenoxy) is 2. The Morgan fingerprint density at radius 2 is 1.81 bits per heavy atom. The van der Waals surface area contributed by atoms with Gasteiger partial charge in [-0.3, -0.25) is 9.69 Å². The van der Waals surface area contributed by atoms with Gasteiger partial charge in [0.1, 0.15) is 13.2 Å². The van der Waals surface area contributed by atoms with Gasteiger partial charge in [0.05, 0.1) is 12.6 Å². The first kappa shape index (κ1) is 19.2. The van der Waals surface area contributed by atoms with Crippen LogP contribution in [0.2, 0.25) is 0 Å². The highest BCUT2D eigenvalue weighted by Crippen LogP contribution is 2.31. The Morgan fingerprint density at radius 3 is 2.56 bits per heavy atom. The van der Waals surface area contributed by atoms with Gasteiger partial charge in [0.2, 0.25) is 5.91 Å². The molecule has 0 spiro atoms. The van der Waals surface area contributed by atoms with Crippen molar-refractivity contribution in [3.63, 3.8) is 0 Å². The maximum absolute atomic E-state index is 12.4. The summed E-state index contributed by atoms with van der Waals surface area (Å²) in [5, 5.41) is 3.08. The van der Waals surface area contributed by atoms with E-state index in [-0.39, 0.29) is 11.9 Å². The summed E-state index contributed by atoms with van der Waals surface area (Å²) in [5.74, 6) is 1.58. The van der Waals surface area contributed by atoms with Crippen LogP contribution in [-0.2, 0) is 11.3 Å². The van der Waals surface area contributed by atoms with Gasteiger partial charge >= 0.3 is 0 Å². The molecule has 0 aromatic heterocycles. The standard InChI is InChI=1S/C22H28N2O3/c1-15-5-7-19(11-16(15)2)17(3)23-22(25)14-24(4)13-18-6-8-20-21(12-18)27-10-9-26-20/h5-8,11-12,17H,9-10,13-14H2,1-4H3,(H,23,25)/t17-/m1/s1. The second kappa shape index (κ2) is 8.44. The smallest absolute Gasteiger partial charge is 0.234 e. The summed E-state index contributed by atoms with van der Waals surface area (Å²) >= 11 is 0.